The number of ether oxygens (including phenoxy) is 1. The standard InChI is InChI=1S/C8H13N3OS/c1-6-10-8(13-11-6)12-7-2-4-9-5-3-7/h7,9H,2-5H2,1H3. The van der Waals surface area contributed by atoms with Gasteiger partial charge in [-0.25, -0.2) is 0 Å². The van der Waals surface area contributed by atoms with Crippen molar-refractivity contribution in [2.24, 2.45) is 0 Å². The molecule has 1 saturated heterocycles. The SMILES string of the molecule is Cc1nsc(OC2CCNCC2)n1. The van der Waals surface area contributed by atoms with Crippen LogP contribution in [-0.2, 0) is 0 Å². The molecule has 0 atom stereocenters. The van der Waals surface area contributed by atoms with E-state index in [4.69, 9.17) is 4.74 Å². The third-order valence-corrected chi connectivity index (χ3v) is 2.76. The molecular formula is C8H13N3OS. The molecule has 72 valence electrons. The highest BCUT2D eigenvalue weighted by Gasteiger charge is 2.15. The molecule has 1 N–H and O–H groups in total. The van der Waals surface area contributed by atoms with Crippen LogP contribution in [0.25, 0.3) is 0 Å². The Hall–Kier alpha value is -0.680. The summed E-state index contributed by atoms with van der Waals surface area (Å²) >= 11 is 1.34. The number of rotatable bonds is 2. The van der Waals surface area contributed by atoms with Crippen LogP contribution in [0, 0.1) is 6.92 Å². The Morgan fingerprint density at radius 2 is 2.23 bits per heavy atom. The van der Waals surface area contributed by atoms with E-state index in [1.165, 1.54) is 11.5 Å². The Labute approximate surface area is 81.5 Å². The van der Waals surface area contributed by atoms with Gasteiger partial charge in [0.1, 0.15) is 11.9 Å². The van der Waals surface area contributed by atoms with E-state index in [0.717, 1.165) is 31.8 Å². The molecule has 13 heavy (non-hydrogen) atoms. The number of nitrogens with zero attached hydrogens (tertiary/aromatic N) is 2. The summed E-state index contributed by atoms with van der Waals surface area (Å²) in [4.78, 5) is 4.17. The molecule has 5 heteroatoms. The molecule has 1 fully saturated rings. The quantitative estimate of drug-likeness (QED) is 0.771. The summed E-state index contributed by atoms with van der Waals surface area (Å²) in [5.74, 6) is 0.800. The van der Waals surface area contributed by atoms with Crippen molar-refractivity contribution >= 4 is 11.5 Å². The molecule has 0 bridgehead atoms. The number of hydrogen-bond donors (Lipinski definition) is 1. The highest BCUT2D eigenvalue weighted by molar-refractivity contribution is 7.07. The minimum atomic E-state index is 0.327. The Kier molecular flexibility index (Phi) is 2.75. The van der Waals surface area contributed by atoms with Gasteiger partial charge in [0.2, 0.25) is 0 Å². The van der Waals surface area contributed by atoms with E-state index in [-0.39, 0.29) is 0 Å². The number of nitrogens with one attached hydrogen (secondary N) is 1. The van der Waals surface area contributed by atoms with Crippen LogP contribution in [0.15, 0.2) is 0 Å². The van der Waals surface area contributed by atoms with Gasteiger partial charge in [-0.05, 0) is 32.9 Å². The van der Waals surface area contributed by atoms with E-state index in [9.17, 15) is 0 Å². The van der Waals surface area contributed by atoms with Crippen LogP contribution >= 0.6 is 11.5 Å². The number of aromatic nitrogens is 2. The minimum Gasteiger partial charge on any atom is -0.466 e. The van der Waals surface area contributed by atoms with E-state index in [1.54, 1.807) is 0 Å². The average Bonchev–Trinajstić information content (AvgIpc) is 2.53. The molecular weight excluding hydrogens is 186 g/mol. The van der Waals surface area contributed by atoms with Crippen molar-refractivity contribution in [1.29, 1.82) is 0 Å². The lowest BCUT2D eigenvalue weighted by molar-refractivity contribution is 0.161. The van der Waals surface area contributed by atoms with Crippen LogP contribution in [-0.4, -0.2) is 28.6 Å². The van der Waals surface area contributed by atoms with Gasteiger partial charge in [-0.3, -0.25) is 0 Å². The molecule has 0 aliphatic carbocycles. The van der Waals surface area contributed by atoms with E-state index in [0.29, 0.717) is 11.3 Å². The summed E-state index contributed by atoms with van der Waals surface area (Å²) in [7, 11) is 0. The smallest absolute Gasteiger partial charge is 0.293 e. The molecule has 0 saturated carbocycles. The fourth-order valence-corrected chi connectivity index (χ4v) is 1.98. The first kappa shape index (κ1) is 8.90. The molecule has 0 radical (unpaired) electrons. The summed E-state index contributed by atoms with van der Waals surface area (Å²) in [6.07, 6.45) is 2.46. The van der Waals surface area contributed by atoms with Crippen molar-refractivity contribution in [3.63, 3.8) is 0 Å². The Morgan fingerprint density at radius 1 is 1.46 bits per heavy atom. The molecule has 0 amide bonds. The first-order chi connectivity index (χ1) is 6.34. The van der Waals surface area contributed by atoms with E-state index in [2.05, 4.69) is 14.7 Å². The zero-order valence-corrected chi connectivity index (χ0v) is 8.43. The van der Waals surface area contributed by atoms with Gasteiger partial charge in [0, 0.05) is 11.5 Å². The van der Waals surface area contributed by atoms with Gasteiger partial charge in [-0.1, -0.05) is 0 Å². The summed E-state index contributed by atoms with van der Waals surface area (Å²) in [6, 6.07) is 0. The monoisotopic (exact) mass is 199 g/mol. The maximum atomic E-state index is 5.68. The molecule has 4 nitrogen and oxygen atoms in total. The van der Waals surface area contributed by atoms with Gasteiger partial charge >= 0.3 is 0 Å². The highest BCUT2D eigenvalue weighted by Crippen LogP contribution is 2.18. The second-order valence-corrected chi connectivity index (χ2v) is 3.89. The molecule has 1 aromatic rings. The predicted molar refractivity (Wildman–Crippen MR) is 51.2 cm³/mol. The van der Waals surface area contributed by atoms with Crippen molar-refractivity contribution in [3.05, 3.63) is 5.82 Å². The Bertz CT molecular complexity index is 270. The van der Waals surface area contributed by atoms with Crippen molar-refractivity contribution in [1.82, 2.24) is 14.7 Å². The zero-order valence-electron chi connectivity index (χ0n) is 7.62. The van der Waals surface area contributed by atoms with Crippen molar-refractivity contribution < 1.29 is 4.74 Å². The Balaban J connectivity index is 1.89. The topological polar surface area (TPSA) is 47.0 Å². The molecule has 0 spiro atoms. The highest BCUT2D eigenvalue weighted by atomic mass is 32.1. The minimum absolute atomic E-state index is 0.327. The molecule has 0 unspecified atom stereocenters. The molecule has 1 aromatic heterocycles. The first-order valence-electron chi connectivity index (χ1n) is 4.52. The van der Waals surface area contributed by atoms with Crippen molar-refractivity contribution in [2.75, 3.05) is 13.1 Å². The van der Waals surface area contributed by atoms with E-state index in [1.807, 2.05) is 6.92 Å². The lowest BCUT2D eigenvalue weighted by Crippen LogP contribution is -2.34. The molecule has 1 aliphatic rings. The maximum Gasteiger partial charge on any atom is 0.293 e. The van der Waals surface area contributed by atoms with Gasteiger partial charge in [-0.2, -0.15) is 9.36 Å². The lowest BCUT2D eigenvalue weighted by atomic mass is 10.1. The molecule has 2 heterocycles. The van der Waals surface area contributed by atoms with Gasteiger partial charge < -0.3 is 10.1 Å². The summed E-state index contributed by atoms with van der Waals surface area (Å²) in [6.45, 7) is 3.97. The van der Waals surface area contributed by atoms with Crippen LogP contribution in [0.5, 0.6) is 5.19 Å². The third-order valence-electron chi connectivity index (χ3n) is 2.06. The summed E-state index contributed by atoms with van der Waals surface area (Å²) in [5.41, 5.74) is 0. The lowest BCUT2D eigenvalue weighted by Gasteiger charge is -2.21. The van der Waals surface area contributed by atoms with Gasteiger partial charge in [0.15, 0.2) is 0 Å². The number of hydrogen-bond acceptors (Lipinski definition) is 5. The maximum absolute atomic E-state index is 5.68. The van der Waals surface area contributed by atoms with Crippen LogP contribution in [0.4, 0.5) is 0 Å². The van der Waals surface area contributed by atoms with Gasteiger partial charge in [0.05, 0.1) is 0 Å². The van der Waals surface area contributed by atoms with Crippen molar-refractivity contribution in [2.45, 2.75) is 25.9 Å². The second kappa shape index (κ2) is 4.02. The van der Waals surface area contributed by atoms with Crippen LogP contribution < -0.4 is 10.1 Å². The average molecular weight is 199 g/mol. The summed E-state index contributed by atoms with van der Waals surface area (Å²) < 4.78 is 9.75. The fourth-order valence-electron chi connectivity index (χ4n) is 1.38. The van der Waals surface area contributed by atoms with Gasteiger partial charge in [0.25, 0.3) is 5.19 Å². The van der Waals surface area contributed by atoms with Crippen LogP contribution in [0.2, 0.25) is 0 Å². The molecule has 2 rings (SSSR count). The molecule has 0 aromatic carbocycles. The van der Waals surface area contributed by atoms with E-state index >= 15 is 0 Å². The fraction of sp³-hybridized carbons (Fsp3) is 0.750. The first-order valence-corrected chi connectivity index (χ1v) is 5.29. The van der Waals surface area contributed by atoms with E-state index < -0.39 is 0 Å². The van der Waals surface area contributed by atoms with Crippen LogP contribution in [0.1, 0.15) is 18.7 Å². The molecule has 1 aliphatic heterocycles. The second-order valence-electron chi connectivity index (χ2n) is 3.17. The Morgan fingerprint density at radius 3 is 2.85 bits per heavy atom. The van der Waals surface area contributed by atoms with Crippen LogP contribution in [0.3, 0.4) is 0 Å². The number of piperidine rings is 1. The zero-order chi connectivity index (χ0) is 9.10. The van der Waals surface area contributed by atoms with Gasteiger partial charge in [-0.15, -0.1) is 0 Å². The number of aryl methyl sites for hydroxylation is 1. The summed E-state index contributed by atoms with van der Waals surface area (Å²) in [5, 5.41) is 4.01. The largest absolute Gasteiger partial charge is 0.466 e. The van der Waals surface area contributed by atoms with Crippen molar-refractivity contribution in [3.8, 4) is 5.19 Å². The normalized spacial score (nSPS) is 18.8. The third kappa shape index (κ3) is 2.38. The predicted octanol–water partition coefficient (Wildman–Crippen LogP) is 0.977.